The molecule has 0 unspecified atom stereocenters. The van der Waals surface area contributed by atoms with Gasteiger partial charge in [0.05, 0.1) is 5.60 Å². The Morgan fingerprint density at radius 1 is 1.30 bits per heavy atom. The maximum Gasteiger partial charge on any atom is 0.254 e. The molecule has 0 atom stereocenters. The third-order valence-electron chi connectivity index (χ3n) is 4.88. The fourth-order valence-electron chi connectivity index (χ4n) is 3.44. The zero-order valence-corrected chi connectivity index (χ0v) is 12.1. The number of hydrogen-bond donors (Lipinski definition) is 1. The topological polar surface area (TPSA) is 40.5 Å². The van der Waals surface area contributed by atoms with E-state index >= 15 is 0 Å². The lowest BCUT2D eigenvalue weighted by Crippen LogP contribution is -2.49. The summed E-state index contributed by atoms with van der Waals surface area (Å²) >= 11 is 0. The molecule has 0 bridgehead atoms. The number of amides is 1. The molecule has 1 amide bonds. The summed E-state index contributed by atoms with van der Waals surface area (Å²) in [7, 11) is 0. The van der Waals surface area contributed by atoms with E-state index in [0.29, 0.717) is 12.5 Å². The highest BCUT2D eigenvalue weighted by Gasteiger charge is 2.36. The van der Waals surface area contributed by atoms with Crippen molar-refractivity contribution in [3.63, 3.8) is 0 Å². The summed E-state index contributed by atoms with van der Waals surface area (Å²) < 4.78 is 0. The summed E-state index contributed by atoms with van der Waals surface area (Å²) in [6.07, 6.45) is 4.66. The van der Waals surface area contributed by atoms with Gasteiger partial charge in [0.2, 0.25) is 0 Å². The van der Waals surface area contributed by atoms with E-state index in [4.69, 9.17) is 0 Å². The maximum atomic E-state index is 12.5. The summed E-state index contributed by atoms with van der Waals surface area (Å²) in [6.45, 7) is 3.46. The van der Waals surface area contributed by atoms with Gasteiger partial charge in [0.15, 0.2) is 0 Å². The molecule has 3 rings (SSSR count). The van der Waals surface area contributed by atoms with Crippen molar-refractivity contribution >= 4 is 5.91 Å². The molecule has 1 fully saturated rings. The molecule has 1 N–H and O–H groups in total. The fraction of sp³-hybridized carbons (Fsp3) is 0.588. The third-order valence-corrected chi connectivity index (χ3v) is 4.88. The van der Waals surface area contributed by atoms with Crippen molar-refractivity contribution in [3.8, 4) is 0 Å². The van der Waals surface area contributed by atoms with Crippen LogP contribution in [0, 0.1) is 5.92 Å². The first-order valence-corrected chi connectivity index (χ1v) is 7.67. The minimum Gasteiger partial charge on any atom is -0.388 e. The van der Waals surface area contributed by atoms with E-state index in [9.17, 15) is 9.90 Å². The molecule has 0 aromatic heterocycles. The van der Waals surface area contributed by atoms with Crippen molar-refractivity contribution in [3.05, 3.63) is 35.4 Å². The van der Waals surface area contributed by atoms with E-state index in [1.807, 2.05) is 29.2 Å². The molecule has 108 valence electrons. The summed E-state index contributed by atoms with van der Waals surface area (Å²) in [5.74, 6) is 0.784. The summed E-state index contributed by atoms with van der Waals surface area (Å²) in [5.41, 5.74) is 1.28. The van der Waals surface area contributed by atoms with Gasteiger partial charge in [0.25, 0.3) is 5.91 Å². The number of benzene rings is 1. The largest absolute Gasteiger partial charge is 0.388 e. The molecule has 1 saturated carbocycles. The van der Waals surface area contributed by atoms with E-state index in [1.165, 1.54) is 0 Å². The number of β-amino-alcohol motifs (C(OH)–C–C–N with tert-alkyl or cyclic N) is 1. The maximum absolute atomic E-state index is 12.5. The highest BCUT2D eigenvalue weighted by molar-refractivity contribution is 5.96. The number of fused-ring (bicyclic) bond motifs is 1. The highest BCUT2D eigenvalue weighted by Crippen LogP contribution is 2.33. The molecule has 1 aromatic carbocycles. The van der Waals surface area contributed by atoms with Crippen LogP contribution < -0.4 is 0 Å². The number of carbonyl (C=O) groups excluding carboxylic acids is 1. The summed E-state index contributed by atoms with van der Waals surface area (Å²) in [5, 5.41) is 10.7. The van der Waals surface area contributed by atoms with E-state index < -0.39 is 5.60 Å². The number of rotatable bonds is 2. The molecule has 3 nitrogen and oxygen atoms in total. The Balaban J connectivity index is 1.72. The minimum atomic E-state index is -0.672. The van der Waals surface area contributed by atoms with Crippen molar-refractivity contribution in [2.75, 3.05) is 13.1 Å². The molecule has 1 aromatic rings. The molecule has 20 heavy (non-hydrogen) atoms. The third kappa shape index (κ3) is 2.59. The number of aliphatic hydroxyl groups is 1. The second kappa shape index (κ2) is 5.21. The Bertz CT molecular complexity index is 503. The van der Waals surface area contributed by atoms with E-state index in [0.717, 1.165) is 49.8 Å². The van der Waals surface area contributed by atoms with Crippen LogP contribution in [0.25, 0.3) is 0 Å². The SMILES string of the molecule is CC1CCC(O)(CN2CCc3ccccc3C2=O)CC1. The zero-order valence-electron chi connectivity index (χ0n) is 12.1. The Labute approximate surface area is 120 Å². The monoisotopic (exact) mass is 273 g/mol. The van der Waals surface area contributed by atoms with Gasteiger partial charge in [-0.05, 0) is 49.7 Å². The van der Waals surface area contributed by atoms with Gasteiger partial charge in [-0.2, -0.15) is 0 Å². The molecule has 0 radical (unpaired) electrons. The van der Waals surface area contributed by atoms with E-state index in [2.05, 4.69) is 6.92 Å². The summed E-state index contributed by atoms with van der Waals surface area (Å²) in [6, 6.07) is 7.83. The Morgan fingerprint density at radius 2 is 2.00 bits per heavy atom. The Morgan fingerprint density at radius 3 is 2.75 bits per heavy atom. The van der Waals surface area contributed by atoms with Crippen LogP contribution in [-0.2, 0) is 6.42 Å². The van der Waals surface area contributed by atoms with Crippen molar-refractivity contribution in [2.24, 2.45) is 5.92 Å². The van der Waals surface area contributed by atoms with Crippen LogP contribution in [0.1, 0.15) is 48.5 Å². The van der Waals surface area contributed by atoms with Gasteiger partial charge in [-0.1, -0.05) is 25.1 Å². The molecule has 1 heterocycles. The van der Waals surface area contributed by atoms with Crippen LogP contribution in [0.3, 0.4) is 0 Å². The van der Waals surface area contributed by atoms with Crippen LogP contribution in [0.4, 0.5) is 0 Å². The lowest BCUT2D eigenvalue weighted by atomic mass is 9.79. The van der Waals surface area contributed by atoms with Gasteiger partial charge in [-0.25, -0.2) is 0 Å². The number of hydrogen-bond acceptors (Lipinski definition) is 2. The summed E-state index contributed by atoms with van der Waals surface area (Å²) in [4.78, 5) is 14.4. The van der Waals surface area contributed by atoms with Crippen molar-refractivity contribution in [1.29, 1.82) is 0 Å². The Kier molecular flexibility index (Phi) is 3.55. The second-order valence-corrected chi connectivity index (χ2v) is 6.54. The average molecular weight is 273 g/mol. The molecular weight excluding hydrogens is 250 g/mol. The van der Waals surface area contributed by atoms with Gasteiger partial charge in [0.1, 0.15) is 0 Å². The van der Waals surface area contributed by atoms with Crippen molar-refractivity contribution in [2.45, 2.75) is 44.6 Å². The molecule has 3 heteroatoms. The minimum absolute atomic E-state index is 0.0823. The Hall–Kier alpha value is -1.35. The first-order valence-electron chi connectivity index (χ1n) is 7.67. The van der Waals surface area contributed by atoms with Crippen LogP contribution >= 0.6 is 0 Å². The molecular formula is C17H23NO2. The van der Waals surface area contributed by atoms with Gasteiger partial charge in [-0.15, -0.1) is 0 Å². The average Bonchev–Trinajstić information content (AvgIpc) is 2.46. The van der Waals surface area contributed by atoms with Crippen LogP contribution in [0.2, 0.25) is 0 Å². The van der Waals surface area contributed by atoms with Crippen LogP contribution in [0.5, 0.6) is 0 Å². The van der Waals surface area contributed by atoms with Crippen LogP contribution in [0.15, 0.2) is 24.3 Å². The lowest BCUT2D eigenvalue weighted by Gasteiger charge is -2.40. The molecule has 0 spiro atoms. The van der Waals surface area contributed by atoms with Crippen LogP contribution in [-0.4, -0.2) is 34.6 Å². The van der Waals surface area contributed by atoms with E-state index in [-0.39, 0.29) is 5.91 Å². The molecule has 1 aliphatic carbocycles. The fourth-order valence-corrected chi connectivity index (χ4v) is 3.44. The predicted molar refractivity (Wildman–Crippen MR) is 78.6 cm³/mol. The standard InChI is InChI=1S/C17H23NO2/c1-13-6-9-17(20,10-7-13)12-18-11-8-14-4-2-3-5-15(14)16(18)19/h2-5,13,20H,6-12H2,1H3. The zero-order chi connectivity index (χ0) is 14.2. The van der Waals surface area contributed by atoms with Gasteiger partial charge in [-0.3, -0.25) is 4.79 Å². The van der Waals surface area contributed by atoms with Crippen molar-refractivity contribution in [1.82, 2.24) is 4.90 Å². The molecule has 1 aliphatic heterocycles. The molecule has 0 saturated heterocycles. The van der Waals surface area contributed by atoms with Crippen molar-refractivity contribution < 1.29 is 9.90 Å². The van der Waals surface area contributed by atoms with Gasteiger partial charge in [0, 0.05) is 18.7 Å². The lowest BCUT2D eigenvalue weighted by molar-refractivity contribution is -0.0312. The number of carbonyl (C=O) groups is 1. The normalized spacial score (nSPS) is 30.2. The predicted octanol–water partition coefficient (Wildman–Crippen LogP) is 2.63. The first-order chi connectivity index (χ1) is 9.57. The molecule has 2 aliphatic rings. The first kappa shape index (κ1) is 13.6. The number of nitrogens with zero attached hydrogens (tertiary/aromatic N) is 1. The second-order valence-electron chi connectivity index (χ2n) is 6.54. The quantitative estimate of drug-likeness (QED) is 0.900. The van der Waals surface area contributed by atoms with Gasteiger partial charge >= 0.3 is 0 Å². The smallest absolute Gasteiger partial charge is 0.254 e. The highest BCUT2D eigenvalue weighted by atomic mass is 16.3. The van der Waals surface area contributed by atoms with E-state index in [1.54, 1.807) is 0 Å². The van der Waals surface area contributed by atoms with Gasteiger partial charge < -0.3 is 10.0 Å².